The van der Waals surface area contributed by atoms with Gasteiger partial charge in [0.15, 0.2) is 0 Å². The van der Waals surface area contributed by atoms with Crippen molar-refractivity contribution in [3.8, 4) is 0 Å². The van der Waals surface area contributed by atoms with E-state index in [1.807, 2.05) is 43.3 Å². The molecule has 2 aromatic rings. The number of halogens is 2. The van der Waals surface area contributed by atoms with E-state index < -0.39 is 0 Å². The van der Waals surface area contributed by atoms with Gasteiger partial charge in [0.1, 0.15) is 0 Å². The summed E-state index contributed by atoms with van der Waals surface area (Å²) in [7, 11) is 0. The standard InChI is InChI=1S/C15H14BrClN2O/c1-10-7-12(16)14(8-13(10)17)18-9-15(20)19-11-5-3-2-4-6-11/h2-8,18H,9H2,1H3,(H,19,20). The molecule has 0 aliphatic heterocycles. The quantitative estimate of drug-likeness (QED) is 0.852. The predicted molar refractivity (Wildman–Crippen MR) is 87.5 cm³/mol. The monoisotopic (exact) mass is 352 g/mol. The molecule has 0 aliphatic carbocycles. The van der Waals surface area contributed by atoms with Gasteiger partial charge >= 0.3 is 0 Å². The van der Waals surface area contributed by atoms with Crippen LogP contribution in [0, 0.1) is 6.92 Å². The Morgan fingerprint density at radius 2 is 1.95 bits per heavy atom. The molecular weight excluding hydrogens is 340 g/mol. The summed E-state index contributed by atoms with van der Waals surface area (Å²) in [6, 6.07) is 13.1. The van der Waals surface area contributed by atoms with E-state index in [0.717, 1.165) is 21.4 Å². The predicted octanol–water partition coefficient (Wildman–Crippen LogP) is 4.46. The molecule has 2 rings (SSSR count). The first-order chi connectivity index (χ1) is 9.56. The van der Waals surface area contributed by atoms with Crippen molar-refractivity contribution in [3.05, 3.63) is 57.5 Å². The summed E-state index contributed by atoms with van der Waals surface area (Å²) in [4.78, 5) is 11.8. The molecule has 104 valence electrons. The zero-order chi connectivity index (χ0) is 14.5. The average molecular weight is 354 g/mol. The number of hydrogen-bond acceptors (Lipinski definition) is 2. The number of carbonyl (C=O) groups is 1. The van der Waals surface area contributed by atoms with Crippen LogP contribution in [-0.4, -0.2) is 12.5 Å². The Hall–Kier alpha value is -1.52. The summed E-state index contributed by atoms with van der Waals surface area (Å²) >= 11 is 9.51. The minimum Gasteiger partial charge on any atom is -0.375 e. The van der Waals surface area contributed by atoms with Crippen molar-refractivity contribution < 1.29 is 4.79 Å². The van der Waals surface area contributed by atoms with Crippen LogP contribution in [0.5, 0.6) is 0 Å². The first-order valence-electron chi connectivity index (χ1n) is 6.10. The van der Waals surface area contributed by atoms with Gasteiger partial charge in [-0.15, -0.1) is 0 Å². The Bertz CT molecular complexity index is 617. The second-order valence-corrected chi connectivity index (χ2v) is 5.61. The van der Waals surface area contributed by atoms with E-state index >= 15 is 0 Å². The van der Waals surface area contributed by atoms with Crippen LogP contribution in [0.25, 0.3) is 0 Å². The lowest BCUT2D eigenvalue weighted by Crippen LogP contribution is -2.21. The van der Waals surface area contributed by atoms with Crippen molar-refractivity contribution >= 4 is 44.8 Å². The van der Waals surface area contributed by atoms with Crippen LogP contribution >= 0.6 is 27.5 Å². The molecule has 0 atom stereocenters. The van der Waals surface area contributed by atoms with Crippen LogP contribution in [0.2, 0.25) is 5.02 Å². The van der Waals surface area contributed by atoms with Crippen LogP contribution < -0.4 is 10.6 Å². The van der Waals surface area contributed by atoms with Crippen LogP contribution in [0.4, 0.5) is 11.4 Å². The lowest BCUT2D eigenvalue weighted by atomic mass is 10.2. The number of anilines is 2. The molecule has 5 heteroatoms. The minimum atomic E-state index is -0.111. The third-order valence-electron chi connectivity index (χ3n) is 2.75. The van der Waals surface area contributed by atoms with Crippen molar-refractivity contribution in [3.63, 3.8) is 0 Å². The van der Waals surface area contributed by atoms with E-state index in [1.165, 1.54) is 0 Å². The topological polar surface area (TPSA) is 41.1 Å². The third kappa shape index (κ3) is 3.99. The maximum absolute atomic E-state index is 11.8. The molecule has 0 fully saturated rings. The van der Waals surface area contributed by atoms with E-state index in [0.29, 0.717) is 5.02 Å². The molecule has 0 unspecified atom stereocenters. The molecule has 0 saturated carbocycles. The highest BCUT2D eigenvalue weighted by Crippen LogP contribution is 2.28. The van der Waals surface area contributed by atoms with Gasteiger partial charge in [-0.25, -0.2) is 0 Å². The molecule has 2 N–H and O–H groups in total. The number of rotatable bonds is 4. The molecule has 20 heavy (non-hydrogen) atoms. The Morgan fingerprint density at radius 1 is 1.25 bits per heavy atom. The fourth-order valence-electron chi connectivity index (χ4n) is 1.68. The number of hydrogen-bond donors (Lipinski definition) is 2. The molecule has 0 saturated heterocycles. The lowest BCUT2D eigenvalue weighted by Gasteiger charge is -2.11. The van der Waals surface area contributed by atoms with E-state index in [9.17, 15) is 4.79 Å². The van der Waals surface area contributed by atoms with Gasteiger partial charge in [0.25, 0.3) is 0 Å². The molecular formula is C15H14BrClN2O. The summed E-state index contributed by atoms with van der Waals surface area (Å²) in [6.45, 7) is 2.10. The summed E-state index contributed by atoms with van der Waals surface area (Å²) < 4.78 is 0.881. The summed E-state index contributed by atoms with van der Waals surface area (Å²) in [5.41, 5.74) is 2.56. The first kappa shape index (κ1) is 14.9. The van der Waals surface area contributed by atoms with Gasteiger partial charge in [-0.1, -0.05) is 29.8 Å². The van der Waals surface area contributed by atoms with Crippen molar-refractivity contribution in [2.24, 2.45) is 0 Å². The number of carbonyl (C=O) groups excluding carboxylic acids is 1. The Kier molecular flexibility index (Phi) is 5.04. The van der Waals surface area contributed by atoms with Crippen molar-refractivity contribution in [1.29, 1.82) is 0 Å². The molecule has 0 spiro atoms. The average Bonchev–Trinajstić information content (AvgIpc) is 2.42. The van der Waals surface area contributed by atoms with Crippen LogP contribution in [-0.2, 0) is 4.79 Å². The summed E-state index contributed by atoms with van der Waals surface area (Å²) in [5.74, 6) is -0.111. The SMILES string of the molecule is Cc1cc(Br)c(NCC(=O)Nc2ccccc2)cc1Cl. The number of aryl methyl sites for hydroxylation is 1. The van der Waals surface area contributed by atoms with Gasteiger partial charge < -0.3 is 10.6 Å². The second-order valence-electron chi connectivity index (χ2n) is 4.35. The van der Waals surface area contributed by atoms with Crippen LogP contribution in [0.3, 0.4) is 0 Å². The smallest absolute Gasteiger partial charge is 0.243 e. The van der Waals surface area contributed by atoms with E-state index in [-0.39, 0.29) is 12.5 Å². The van der Waals surface area contributed by atoms with Gasteiger partial charge in [-0.3, -0.25) is 4.79 Å². The fraction of sp³-hybridized carbons (Fsp3) is 0.133. The van der Waals surface area contributed by atoms with Crippen molar-refractivity contribution in [1.82, 2.24) is 0 Å². The van der Waals surface area contributed by atoms with Gasteiger partial charge in [0.2, 0.25) is 5.91 Å². The van der Waals surface area contributed by atoms with Crippen molar-refractivity contribution in [2.75, 3.05) is 17.2 Å². The maximum Gasteiger partial charge on any atom is 0.243 e. The highest BCUT2D eigenvalue weighted by atomic mass is 79.9. The Morgan fingerprint density at radius 3 is 2.65 bits per heavy atom. The van der Waals surface area contributed by atoms with Gasteiger partial charge in [-0.2, -0.15) is 0 Å². The summed E-state index contributed by atoms with van der Waals surface area (Å²) in [5, 5.41) is 6.53. The maximum atomic E-state index is 11.8. The summed E-state index contributed by atoms with van der Waals surface area (Å²) in [6.07, 6.45) is 0. The largest absolute Gasteiger partial charge is 0.375 e. The fourth-order valence-corrected chi connectivity index (χ4v) is 2.45. The van der Waals surface area contributed by atoms with Crippen LogP contribution in [0.1, 0.15) is 5.56 Å². The Labute approximate surface area is 131 Å². The molecule has 0 aliphatic rings. The van der Waals surface area contributed by atoms with Gasteiger partial charge in [-0.05, 0) is 52.7 Å². The third-order valence-corrected chi connectivity index (χ3v) is 3.81. The second kappa shape index (κ2) is 6.77. The van der Waals surface area contributed by atoms with E-state index in [4.69, 9.17) is 11.6 Å². The van der Waals surface area contributed by atoms with Gasteiger partial charge in [0, 0.05) is 15.2 Å². The normalized spacial score (nSPS) is 10.2. The first-order valence-corrected chi connectivity index (χ1v) is 7.28. The molecule has 0 radical (unpaired) electrons. The molecule has 0 heterocycles. The van der Waals surface area contributed by atoms with Gasteiger partial charge in [0.05, 0.1) is 12.2 Å². The highest BCUT2D eigenvalue weighted by molar-refractivity contribution is 9.10. The molecule has 0 aromatic heterocycles. The minimum absolute atomic E-state index is 0.111. The molecule has 0 bridgehead atoms. The highest BCUT2D eigenvalue weighted by Gasteiger charge is 2.06. The zero-order valence-corrected chi connectivity index (χ0v) is 13.3. The number of nitrogens with one attached hydrogen (secondary N) is 2. The number of amides is 1. The van der Waals surface area contributed by atoms with Crippen molar-refractivity contribution in [2.45, 2.75) is 6.92 Å². The van der Waals surface area contributed by atoms with E-state index in [2.05, 4.69) is 26.6 Å². The number of para-hydroxylation sites is 1. The zero-order valence-electron chi connectivity index (χ0n) is 10.9. The van der Waals surface area contributed by atoms with Crippen LogP contribution in [0.15, 0.2) is 46.9 Å². The molecule has 3 nitrogen and oxygen atoms in total. The van der Waals surface area contributed by atoms with E-state index in [1.54, 1.807) is 6.07 Å². The molecule has 1 amide bonds. The number of benzene rings is 2. The lowest BCUT2D eigenvalue weighted by molar-refractivity contribution is -0.114. The Balaban J connectivity index is 1.95. The molecule has 2 aromatic carbocycles.